The summed E-state index contributed by atoms with van der Waals surface area (Å²) >= 11 is 0. The van der Waals surface area contributed by atoms with Crippen LogP contribution in [0.1, 0.15) is 18.9 Å². The lowest BCUT2D eigenvalue weighted by atomic mass is 9.90. The molecule has 18 heavy (non-hydrogen) atoms. The molecule has 4 heteroatoms. The predicted molar refractivity (Wildman–Crippen MR) is 68.4 cm³/mol. The second-order valence-corrected chi connectivity index (χ2v) is 4.99. The Labute approximate surface area is 109 Å². The molecule has 2 aliphatic rings. The van der Waals surface area contributed by atoms with Crippen molar-refractivity contribution in [2.24, 2.45) is 0 Å². The Morgan fingerprint density at radius 3 is 2.83 bits per heavy atom. The van der Waals surface area contributed by atoms with Crippen molar-refractivity contribution in [3.05, 3.63) is 35.9 Å². The van der Waals surface area contributed by atoms with E-state index in [0.29, 0.717) is 13.2 Å². The van der Waals surface area contributed by atoms with Gasteiger partial charge in [0, 0.05) is 6.00 Å². The molecule has 2 radical (unpaired) electrons. The molecule has 0 aliphatic carbocycles. The molecule has 0 N–H and O–H groups in total. The zero-order valence-corrected chi connectivity index (χ0v) is 10.5. The Hall–Kier alpha value is -0.835. The zero-order chi connectivity index (χ0) is 12.6. The van der Waals surface area contributed by atoms with E-state index in [1.807, 2.05) is 18.2 Å². The highest BCUT2D eigenvalue weighted by atomic mass is 16.7. The largest absolute Gasteiger partial charge is 0.374 e. The van der Waals surface area contributed by atoms with Crippen LogP contribution in [0.3, 0.4) is 0 Å². The number of ether oxygens (including phenoxy) is 3. The maximum Gasteiger partial charge on any atom is 0.119 e. The minimum Gasteiger partial charge on any atom is -0.374 e. The molecular formula is C14H17BO3. The summed E-state index contributed by atoms with van der Waals surface area (Å²) < 4.78 is 17.5. The molecule has 2 heterocycles. The van der Waals surface area contributed by atoms with Crippen LogP contribution < -0.4 is 0 Å². The van der Waals surface area contributed by atoms with Gasteiger partial charge in [0.15, 0.2) is 0 Å². The van der Waals surface area contributed by atoms with E-state index in [1.165, 1.54) is 0 Å². The lowest BCUT2D eigenvalue weighted by molar-refractivity contribution is -0.123. The number of rotatable bonds is 4. The topological polar surface area (TPSA) is 27.7 Å². The average Bonchev–Trinajstić information content (AvgIpc) is 2.89. The Morgan fingerprint density at radius 1 is 1.39 bits per heavy atom. The molecule has 1 aromatic rings. The maximum atomic E-state index is 6.01. The minimum absolute atomic E-state index is 0.0577. The Kier molecular flexibility index (Phi) is 3.18. The van der Waals surface area contributed by atoms with Gasteiger partial charge in [-0.2, -0.15) is 0 Å². The smallest absolute Gasteiger partial charge is 0.119 e. The van der Waals surface area contributed by atoms with Gasteiger partial charge in [-0.15, -0.1) is 0 Å². The molecule has 0 saturated carbocycles. The summed E-state index contributed by atoms with van der Waals surface area (Å²) in [4.78, 5) is 0. The fourth-order valence-electron chi connectivity index (χ4n) is 2.81. The second-order valence-electron chi connectivity index (χ2n) is 4.99. The normalized spacial score (nSPS) is 38.2. The van der Waals surface area contributed by atoms with Crippen molar-refractivity contribution in [2.45, 2.75) is 43.8 Å². The molecular weight excluding hydrogens is 227 g/mol. The third-order valence-electron chi connectivity index (χ3n) is 3.90. The maximum absolute atomic E-state index is 6.01. The third-order valence-corrected chi connectivity index (χ3v) is 3.90. The van der Waals surface area contributed by atoms with E-state index < -0.39 is 0 Å². The van der Waals surface area contributed by atoms with Crippen molar-refractivity contribution in [1.82, 2.24) is 0 Å². The Balaban J connectivity index is 1.69. The number of benzene rings is 1. The highest BCUT2D eigenvalue weighted by Gasteiger charge is 2.59. The summed E-state index contributed by atoms with van der Waals surface area (Å²) in [5.74, 6) is 0. The van der Waals surface area contributed by atoms with E-state index in [4.69, 9.17) is 22.1 Å². The number of fused-ring (bicyclic) bond motifs is 2. The molecule has 0 unspecified atom stereocenters. The van der Waals surface area contributed by atoms with Crippen molar-refractivity contribution >= 4 is 7.85 Å². The van der Waals surface area contributed by atoms with Gasteiger partial charge < -0.3 is 14.2 Å². The van der Waals surface area contributed by atoms with E-state index >= 15 is 0 Å². The van der Waals surface area contributed by atoms with Gasteiger partial charge in [0.25, 0.3) is 0 Å². The van der Waals surface area contributed by atoms with Crippen LogP contribution in [0, 0.1) is 0 Å². The van der Waals surface area contributed by atoms with Crippen LogP contribution in [0.4, 0.5) is 0 Å². The molecule has 2 bridgehead atoms. The molecule has 3 rings (SSSR count). The average molecular weight is 244 g/mol. The highest BCUT2D eigenvalue weighted by molar-refractivity contribution is 6.11. The molecule has 0 spiro atoms. The predicted octanol–water partition coefficient (Wildman–Crippen LogP) is 1.64. The summed E-state index contributed by atoms with van der Waals surface area (Å²) in [7, 11) is 5.91. The van der Waals surface area contributed by atoms with Gasteiger partial charge in [-0.25, -0.2) is 0 Å². The molecule has 3 nitrogen and oxygen atoms in total. The molecule has 0 aromatic heterocycles. The van der Waals surface area contributed by atoms with Crippen LogP contribution in [-0.2, 0) is 20.8 Å². The summed E-state index contributed by atoms with van der Waals surface area (Å²) in [5.41, 5.74) is 0.808. The van der Waals surface area contributed by atoms with Crippen molar-refractivity contribution in [2.75, 3.05) is 6.61 Å². The van der Waals surface area contributed by atoms with Crippen LogP contribution in [0.15, 0.2) is 30.3 Å². The molecule has 94 valence electrons. The van der Waals surface area contributed by atoms with Gasteiger partial charge >= 0.3 is 0 Å². The van der Waals surface area contributed by atoms with Gasteiger partial charge in [0.05, 0.1) is 13.2 Å². The lowest BCUT2D eigenvalue weighted by Crippen LogP contribution is -2.41. The van der Waals surface area contributed by atoms with E-state index in [0.717, 1.165) is 12.0 Å². The monoisotopic (exact) mass is 244 g/mol. The van der Waals surface area contributed by atoms with Crippen LogP contribution in [0.25, 0.3) is 0 Å². The molecule has 1 aromatic carbocycles. The van der Waals surface area contributed by atoms with Gasteiger partial charge in [0.2, 0.25) is 0 Å². The fraction of sp³-hybridized carbons (Fsp3) is 0.571. The van der Waals surface area contributed by atoms with Crippen molar-refractivity contribution < 1.29 is 14.2 Å². The van der Waals surface area contributed by atoms with Crippen molar-refractivity contribution in [3.8, 4) is 0 Å². The summed E-state index contributed by atoms with van der Waals surface area (Å²) in [5, 5.41) is 0. The number of hydrogen-bond donors (Lipinski definition) is 0. The summed E-state index contributed by atoms with van der Waals surface area (Å²) in [6, 6.07) is 9.76. The second kappa shape index (κ2) is 4.69. The summed E-state index contributed by atoms with van der Waals surface area (Å²) in [6.45, 7) is 3.24. The first kappa shape index (κ1) is 12.2. The van der Waals surface area contributed by atoms with Crippen LogP contribution >= 0.6 is 0 Å². The quantitative estimate of drug-likeness (QED) is 0.753. The van der Waals surface area contributed by atoms with E-state index in [1.54, 1.807) is 0 Å². The Bertz CT molecular complexity index is 411. The molecule has 2 aliphatic heterocycles. The molecule has 2 fully saturated rings. The summed E-state index contributed by atoms with van der Waals surface area (Å²) in [6.07, 6.45) is 0.669. The van der Waals surface area contributed by atoms with Crippen molar-refractivity contribution in [3.63, 3.8) is 0 Å². The van der Waals surface area contributed by atoms with Gasteiger partial charge in [-0.3, -0.25) is 0 Å². The van der Waals surface area contributed by atoms with Gasteiger partial charge in [0.1, 0.15) is 25.7 Å². The first-order valence-electron chi connectivity index (χ1n) is 6.46. The van der Waals surface area contributed by atoms with Crippen molar-refractivity contribution in [1.29, 1.82) is 0 Å². The lowest BCUT2D eigenvalue weighted by Gasteiger charge is -2.29. The van der Waals surface area contributed by atoms with E-state index in [-0.39, 0.29) is 23.8 Å². The SMILES string of the molecule is [B][C@@H]1O[C@@]2(CC)CO[C@@H]1[C@@H]2OCc1ccccc1. The molecule has 0 amide bonds. The van der Waals surface area contributed by atoms with E-state index in [9.17, 15) is 0 Å². The highest BCUT2D eigenvalue weighted by Crippen LogP contribution is 2.43. The Morgan fingerprint density at radius 2 is 2.17 bits per heavy atom. The van der Waals surface area contributed by atoms with Crippen LogP contribution in [0.2, 0.25) is 0 Å². The fourth-order valence-corrected chi connectivity index (χ4v) is 2.81. The first-order chi connectivity index (χ1) is 8.75. The number of hydrogen-bond acceptors (Lipinski definition) is 3. The van der Waals surface area contributed by atoms with Gasteiger partial charge in [-0.05, 0) is 12.0 Å². The van der Waals surface area contributed by atoms with Gasteiger partial charge in [-0.1, -0.05) is 37.3 Å². The standard InChI is InChI=1S/C14H17BO3/c1-2-14-9-17-11(13(15)18-14)12(14)16-8-10-6-4-3-5-7-10/h3-7,11-13H,2,8-9H2,1H3/t11-,12+,13-,14+/m1/s1. The minimum atomic E-state index is -0.362. The molecule has 4 atom stereocenters. The van der Waals surface area contributed by atoms with E-state index in [2.05, 4.69) is 19.1 Å². The van der Waals surface area contributed by atoms with Crippen LogP contribution in [-0.4, -0.2) is 38.3 Å². The first-order valence-corrected chi connectivity index (χ1v) is 6.46. The van der Waals surface area contributed by atoms with Crippen LogP contribution in [0.5, 0.6) is 0 Å². The third kappa shape index (κ3) is 1.89. The molecule has 2 saturated heterocycles. The zero-order valence-electron chi connectivity index (χ0n) is 10.5.